The topological polar surface area (TPSA) is 79.3 Å². The van der Waals surface area contributed by atoms with Crippen LogP contribution < -0.4 is 4.72 Å². The van der Waals surface area contributed by atoms with Crippen LogP contribution in [0, 0.1) is 0 Å². The van der Waals surface area contributed by atoms with Crippen molar-refractivity contribution >= 4 is 15.7 Å². The fourth-order valence-electron chi connectivity index (χ4n) is 1.26. The van der Waals surface area contributed by atoms with Crippen LogP contribution >= 0.6 is 0 Å². The van der Waals surface area contributed by atoms with Crippen LogP contribution in [0.3, 0.4) is 0 Å². The predicted molar refractivity (Wildman–Crippen MR) is 63.2 cm³/mol. The van der Waals surface area contributed by atoms with Gasteiger partial charge in [-0.3, -0.25) is 9.71 Å². The molecule has 2 N–H and O–H groups in total. The third-order valence-electron chi connectivity index (χ3n) is 2.08. The molecule has 0 atom stereocenters. The highest BCUT2D eigenvalue weighted by atomic mass is 32.2. The van der Waals surface area contributed by atoms with Gasteiger partial charge in [0.1, 0.15) is 5.75 Å². The maximum Gasteiger partial charge on any atom is 0.262 e. The zero-order chi connectivity index (χ0) is 12.3. The van der Waals surface area contributed by atoms with E-state index in [0.717, 1.165) is 0 Å². The lowest BCUT2D eigenvalue weighted by atomic mass is 10.3. The van der Waals surface area contributed by atoms with Crippen molar-refractivity contribution in [3.63, 3.8) is 0 Å². The monoisotopic (exact) mass is 250 g/mol. The Morgan fingerprint density at radius 1 is 1.00 bits per heavy atom. The van der Waals surface area contributed by atoms with Crippen molar-refractivity contribution in [1.29, 1.82) is 0 Å². The maximum atomic E-state index is 11.9. The van der Waals surface area contributed by atoms with E-state index < -0.39 is 10.0 Å². The van der Waals surface area contributed by atoms with Gasteiger partial charge >= 0.3 is 0 Å². The number of nitrogens with one attached hydrogen (secondary N) is 1. The van der Waals surface area contributed by atoms with Gasteiger partial charge in [-0.05, 0) is 36.4 Å². The van der Waals surface area contributed by atoms with E-state index in [1.54, 1.807) is 0 Å². The number of rotatable bonds is 3. The highest BCUT2D eigenvalue weighted by Crippen LogP contribution is 2.17. The molecular weight excluding hydrogens is 240 g/mol. The van der Waals surface area contributed by atoms with Crippen molar-refractivity contribution < 1.29 is 13.5 Å². The van der Waals surface area contributed by atoms with E-state index in [0.29, 0.717) is 5.69 Å². The Kier molecular flexibility index (Phi) is 2.97. The molecule has 1 aromatic heterocycles. The summed E-state index contributed by atoms with van der Waals surface area (Å²) in [5.74, 6) is 0.0804. The van der Waals surface area contributed by atoms with Crippen molar-refractivity contribution in [2.45, 2.75) is 4.90 Å². The number of aromatic hydroxyl groups is 1. The van der Waals surface area contributed by atoms with Crippen LogP contribution in [0.4, 0.5) is 5.69 Å². The summed E-state index contributed by atoms with van der Waals surface area (Å²) in [6.45, 7) is 0. The molecule has 0 bridgehead atoms. The first-order chi connectivity index (χ1) is 8.08. The number of aromatic nitrogens is 1. The number of hydrogen-bond donors (Lipinski definition) is 2. The number of hydrogen-bond acceptors (Lipinski definition) is 4. The lowest BCUT2D eigenvalue weighted by molar-refractivity contribution is 0.475. The molecule has 0 saturated carbocycles. The average Bonchev–Trinajstić information content (AvgIpc) is 2.33. The SMILES string of the molecule is O=S(=O)(Nc1ccc(O)cc1)c1ccncc1. The summed E-state index contributed by atoms with van der Waals surface area (Å²) >= 11 is 0. The second kappa shape index (κ2) is 4.42. The number of phenols is 1. The highest BCUT2D eigenvalue weighted by molar-refractivity contribution is 7.92. The van der Waals surface area contributed by atoms with Gasteiger partial charge in [0.25, 0.3) is 10.0 Å². The third-order valence-corrected chi connectivity index (χ3v) is 3.48. The molecule has 2 rings (SSSR count). The summed E-state index contributed by atoms with van der Waals surface area (Å²) in [7, 11) is -3.60. The van der Waals surface area contributed by atoms with E-state index in [9.17, 15) is 8.42 Å². The number of sulfonamides is 1. The number of benzene rings is 1. The second-order valence-electron chi connectivity index (χ2n) is 3.34. The molecule has 1 aromatic carbocycles. The summed E-state index contributed by atoms with van der Waals surface area (Å²) in [5.41, 5.74) is 0.389. The Hall–Kier alpha value is -2.08. The Morgan fingerprint density at radius 2 is 1.59 bits per heavy atom. The summed E-state index contributed by atoms with van der Waals surface area (Å²) in [6, 6.07) is 8.59. The molecular formula is C11H10N2O3S. The largest absolute Gasteiger partial charge is 0.508 e. The molecule has 0 radical (unpaired) electrons. The van der Waals surface area contributed by atoms with Crippen molar-refractivity contribution in [3.8, 4) is 5.75 Å². The van der Waals surface area contributed by atoms with Gasteiger partial charge in [-0.1, -0.05) is 0 Å². The van der Waals surface area contributed by atoms with Crippen molar-refractivity contribution in [3.05, 3.63) is 48.8 Å². The Morgan fingerprint density at radius 3 is 2.18 bits per heavy atom. The van der Waals surface area contributed by atoms with Gasteiger partial charge in [-0.15, -0.1) is 0 Å². The van der Waals surface area contributed by atoms with E-state index in [1.807, 2.05) is 0 Å². The molecule has 2 aromatic rings. The number of anilines is 1. The highest BCUT2D eigenvalue weighted by Gasteiger charge is 2.13. The van der Waals surface area contributed by atoms with Crippen LogP contribution in [0.15, 0.2) is 53.7 Å². The van der Waals surface area contributed by atoms with Crippen molar-refractivity contribution in [2.24, 2.45) is 0 Å². The van der Waals surface area contributed by atoms with Crippen LogP contribution in [0.25, 0.3) is 0 Å². The van der Waals surface area contributed by atoms with Gasteiger partial charge in [-0.2, -0.15) is 0 Å². The van der Waals surface area contributed by atoms with E-state index in [1.165, 1.54) is 48.8 Å². The minimum absolute atomic E-state index is 0.0804. The zero-order valence-corrected chi connectivity index (χ0v) is 9.55. The second-order valence-corrected chi connectivity index (χ2v) is 5.02. The van der Waals surface area contributed by atoms with Gasteiger partial charge in [0.15, 0.2) is 0 Å². The first-order valence-electron chi connectivity index (χ1n) is 4.80. The van der Waals surface area contributed by atoms with Gasteiger partial charge in [0.2, 0.25) is 0 Å². The van der Waals surface area contributed by atoms with Crippen LogP contribution in [0.2, 0.25) is 0 Å². The quantitative estimate of drug-likeness (QED) is 0.811. The van der Waals surface area contributed by atoms with E-state index in [-0.39, 0.29) is 10.6 Å². The molecule has 17 heavy (non-hydrogen) atoms. The van der Waals surface area contributed by atoms with E-state index in [2.05, 4.69) is 9.71 Å². The van der Waals surface area contributed by atoms with Gasteiger partial charge in [-0.25, -0.2) is 8.42 Å². The summed E-state index contributed by atoms with van der Waals surface area (Å²) in [4.78, 5) is 3.89. The molecule has 0 amide bonds. The smallest absolute Gasteiger partial charge is 0.262 e. The van der Waals surface area contributed by atoms with Crippen LogP contribution in [-0.4, -0.2) is 18.5 Å². The lowest BCUT2D eigenvalue weighted by Gasteiger charge is -2.07. The fraction of sp³-hybridized carbons (Fsp3) is 0. The lowest BCUT2D eigenvalue weighted by Crippen LogP contribution is -2.12. The number of phenolic OH excluding ortho intramolecular Hbond substituents is 1. The van der Waals surface area contributed by atoms with Crippen LogP contribution in [0.1, 0.15) is 0 Å². The molecule has 0 aliphatic heterocycles. The first-order valence-corrected chi connectivity index (χ1v) is 6.28. The zero-order valence-electron chi connectivity index (χ0n) is 8.74. The van der Waals surface area contributed by atoms with Crippen LogP contribution in [0.5, 0.6) is 5.75 Å². The standard InChI is InChI=1S/C11H10N2O3S/c14-10-3-1-9(2-4-10)13-17(15,16)11-5-7-12-8-6-11/h1-8,13-14H. The Bertz CT molecular complexity index is 594. The maximum absolute atomic E-state index is 11.9. The van der Waals surface area contributed by atoms with Crippen molar-refractivity contribution in [1.82, 2.24) is 4.98 Å². The molecule has 0 saturated heterocycles. The molecule has 6 heteroatoms. The first kappa shape index (κ1) is 11.4. The van der Waals surface area contributed by atoms with Gasteiger partial charge in [0, 0.05) is 18.1 Å². The van der Waals surface area contributed by atoms with Gasteiger partial charge in [0.05, 0.1) is 4.90 Å². The molecule has 0 fully saturated rings. The minimum Gasteiger partial charge on any atom is -0.508 e. The molecule has 0 unspecified atom stereocenters. The predicted octanol–water partition coefficient (Wildman–Crippen LogP) is 1.59. The fourth-order valence-corrected chi connectivity index (χ4v) is 2.31. The molecule has 0 spiro atoms. The summed E-state index contributed by atoms with van der Waals surface area (Å²) < 4.78 is 26.2. The molecule has 0 aliphatic rings. The van der Waals surface area contributed by atoms with E-state index in [4.69, 9.17) is 5.11 Å². The normalized spacial score (nSPS) is 11.1. The average molecular weight is 250 g/mol. The molecule has 5 nitrogen and oxygen atoms in total. The third kappa shape index (κ3) is 2.73. The minimum atomic E-state index is -3.60. The molecule has 1 heterocycles. The molecule has 88 valence electrons. The molecule has 0 aliphatic carbocycles. The van der Waals surface area contributed by atoms with E-state index >= 15 is 0 Å². The van der Waals surface area contributed by atoms with Crippen LogP contribution in [-0.2, 0) is 10.0 Å². The van der Waals surface area contributed by atoms with Crippen molar-refractivity contribution in [2.75, 3.05) is 4.72 Å². The Labute approximate surface area is 98.8 Å². The summed E-state index contributed by atoms with van der Waals surface area (Å²) in [5, 5.41) is 9.09. The van der Waals surface area contributed by atoms with Gasteiger partial charge < -0.3 is 5.11 Å². The Balaban J connectivity index is 2.27. The summed E-state index contributed by atoms with van der Waals surface area (Å²) in [6.07, 6.45) is 2.82. The number of pyridine rings is 1. The number of nitrogens with zero attached hydrogens (tertiary/aromatic N) is 1.